The molecule has 0 unspecified atom stereocenters. The Bertz CT molecular complexity index is 1050. The lowest BCUT2D eigenvalue weighted by Crippen LogP contribution is -2.15. The van der Waals surface area contributed by atoms with Crippen LogP contribution in [0.15, 0.2) is 35.1 Å². The summed E-state index contributed by atoms with van der Waals surface area (Å²) < 4.78 is 21.5. The van der Waals surface area contributed by atoms with Gasteiger partial charge in [0.05, 0.1) is 28.4 Å². The van der Waals surface area contributed by atoms with Crippen LogP contribution >= 0.6 is 12.4 Å². The second-order valence-electron chi connectivity index (χ2n) is 6.18. The van der Waals surface area contributed by atoms with Crippen LogP contribution < -0.4 is 24.5 Å². The van der Waals surface area contributed by atoms with Crippen molar-refractivity contribution in [1.82, 2.24) is 4.98 Å². The molecule has 1 N–H and O–H groups in total. The Balaban J connectivity index is 0.00000280. The van der Waals surface area contributed by atoms with Crippen molar-refractivity contribution in [1.29, 1.82) is 0 Å². The second-order valence-corrected chi connectivity index (χ2v) is 6.18. The van der Waals surface area contributed by atoms with Crippen LogP contribution in [0.3, 0.4) is 0 Å². The molecule has 0 amide bonds. The molecule has 0 saturated carbocycles. The Labute approximate surface area is 169 Å². The van der Waals surface area contributed by atoms with Crippen molar-refractivity contribution >= 4 is 23.2 Å². The van der Waals surface area contributed by atoms with E-state index in [2.05, 4.69) is 4.98 Å². The number of hydrogen-bond donors (Lipinski definition) is 1. The summed E-state index contributed by atoms with van der Waals surface area (Å²) in [6.07, 6.45) is 0.446. The van der Waals surface area contributed by atoms with E-state index >= 15 is 0 Å². The third kappa shape index (κ3) is 3.87. The van der Waals surface area contributed by atoms with Gasteiger partial charge < -0.3 is 23.9 Å². The molecule has 7 heteroatoms. The van der Waals surface area contributed by atoms with E-state index in [0.717, 1.165) is 22.0 Å². The Morgan fingerprint density at radius 2 is 1.32 bits per heavy atom. The van der Waals surface area contributed by atoms with Gasteiger partial charge in [-0.05, 0) is 42.1 Å². The van der Waals surface area contributed by atoms with E-state index in [4.69, 9.17) is 18.9 Å². The van der Waals surface area contributed by atoms with E-state index in [1.165, 1.54) is 0 Å². The predicted molar refractivity (Wildman–Crippen MR) is 112 cm³/mol. The van der Waals surface area contributed by atoms with Crippen molar-refractivity contribution < 1.29 is 18.9 Å². The third-order valence-electron chi connectivity index (χ3n) is 4.66. The summed E-state index contributed by atoms with van der Waals surface area (Å²) in [5, 5.41) is 1.76. The van der Waals surface area contributed by atoms with Crippen LogP contribution in [0.25, 0.3) is 10.8 Å². The van der Waals surface area contributed by atoms with Crippen LogP contribution in [0.2, 0.25) is 0 Å². The van der Waals surface area contributed by atoms with Crippen LogP contribution in [-0.2, 0) is 6.42 Å². The molecule has 0 spiro atoms. The highest BCUT2D eigenvalue weighted by Gasteiger charge is 2.15. The summed E-state index contributed by atoms with van der Waals surface area (Å²) in [7, 11) is 6.36. The number of benzene rings is 2. The number of aryl methyl sites for hydroxylation is 1. The minimum absolute atomic E-state index is 0. The minimum Gasteiger partial charge on any atom is -0.493 e. The molecule has 3 aromatic rings. The Kier molecular flexibility index (Phi) is 6.80. The molecule has 0 aliphatic heterocycles. The van der Waals surface area contributed by atoms with E-state index in [9.17, 15) is 4.79 Å². The van der Waals surface area contributed by atoms with Crippen molar-refractivity contribution in [3.05, 3.63) is 57.5 Å². The second kappa shape index (κ2) is 8.89. The summed E-state index contributed by atoms with van der Waals surface area (Å²) in [6.45, 7) is 1.87. The number of fused-ring (bicyclic) bond motifs is 1. The summed E-state index contributed by atoms with van der Waals surface area (Å²) >= 11 is 0. The van der Waals surface area contributed by atoms with Gasteiger partial charge in [0.1, 0.15) is 0 Å². The molecule has 2 aromatic carbocycles. The van der Waals surface area contributed by atoms with Gasteiger partial charge in [0, 0.05) is 23.1 Å². The van der Waals surface area contributed by atoms with Crippen LogP contribution in [0.1, 0.15) is 16.8 Å². The number of hydrogen-bond acceptors (Lipinski definition) is 5. The minimum atomic E-state index is -0.123. The fourth-order valence-corrected chi connectivity index (χ4v) is 3.24. The first kappa shape index (κ1) is 21.4. The molecule has 0 saturated heterocycles. The molecule has 3 rings (SSSR count). The van der Waals surface area contributed by atoms with E-state index in [1.54, 1.807) is 28.4 Å². The first-order valence-electron chi connectivity index (χ1n) is 8.50. The van der Waals surface area contributed by atoms with Gasteiger partial charge in [0.2, 0.25) is 0 Å². The van der Waals surface area contributed by atoms with E-state index in [1.807, 2.05) is 37.3 Å². The van der Waals surface area contributed by atoms with Crippen molar-refractivity contribution in [2.75, 3.05) is 28.4 Å². The standard InChI is InChI=1S/C21H23NO5.ClH/c1-12-14-10-19(26-4)20(27-5)11-15(14)16(21(23)22-12)8-13-6-7-17(24-2)18(9-13)25-3;/h6-7,9-11H,8H2,1-5H3,(H,22,23);1H. The Morgan fingerprint density at radius 3 is 1.89 bits per heavy atom. The van der Waals surface area contributed by atoms with Gasteiger partial charge in [-0.15, -0.1) is 12.4 Å². The number of ether oxygens (including phenoxy) is 4. The Hall–Kier alpha value is -2.86. The molecule has 1 heterocycles. The summed E-state index contributed by atoms with van der Waals surface area (Å²) in [6, 6.07) is 9.38. The zero-order chi connectivity index (χ0) is 19.6. The summed E-state index contributed by atoms with van der Waals surface area (Å²) in [4.78, 5) is 15.6. The number of aromatic amines is 1. The molecule has 0 bridgehead atoms. The van der Waals surface area contributed by atoms with Gasteiger partial charge in [-0.2, -0.15) is 0 Å². The highest BCUT2D eigenvalue weighted by Crippen LogP contribution is 2.35. The SMILES string of the molecule is COc1ccc(Cc2c(=O)[nH]c(C)c3cc(OC)c(OC)cc23)cc1OC.Cl. The fourth-order valence-electron chi connectivity index (χ4n) is 3.24. The lowest BCUT2D eigenvalue weighted by molar-refractivity contribution is 0.354. The topological polar surface area (TPSA) is 69.8 Å². The van der Waals surface area contributed by atoms with Crippen molar-refractivity contribution in [2.45, 2.75) is 13.3 Å². The maximum absolute atomic E-state index is 12.7. The summed E-state index contributed by atoms with van der Waals surface area (Å²) in [5.74, 6) is 2.48. The summed E-state index contributed by atoms with van der Waals surface area (Å²) in [5.41, 5.74) is 2.26. The van der Waals surface area contributed by atoms with Crippen molar-refractivity contribution in [2.24, 2.45) is 0 Å². The number of nitrogens with one attached hydrogen (secondary N) is 1. The van der Waals surface area contributed by atoms with Gasteiger partial charge >= 0.3 is 0 Å². The third-order valence-corrected chi connectivity index (χ3v) is 4.66. The largest absolute Gasteiger partial charge is 0.493 e. The molecular formula is C21H24ClNO5. The normalized spacial score (nSPS) is 10.3. The molecule has 150 valence electrons. The number of rotatable bonds is 6. The first-order valence-corrected chi connectivity index (χ1v) is 8.50. The van der Waals surface area contributed by atoms with Crippen LogP contribution in [0, 0.1) is 6.92 Å². The number of aromatic nitrogens is 1. The van der Waals surface area contributed by atoms with Crippen LogP contribution in [-0.4, -0.2) is 33.4 Å². The first-order chi connectivity index (χ1) is 13.0. The van der Waals surface area contributed by atoms with Crippen LogP contribution in [0.5, 0.6) is 23.0 Å². The zero-order valence-corrected chi connectivity index (χ0v) is 17.4. The van der Waals surface area contributed by atoms with Gasteiger partial charge in [0.15, 0.2) is 23.0 Å². The molecule has 1 aromatic heterocycles. The smallest absolute Gasteiger partial charge is 0.252 e. The quantitative estimate of drug-likeness (QED) is 0.673. The molecule has 0 atom stereocenters. The maximum Gasteiger partial charge on any atom is 0.252 e. The monoisotopic (exact) mass is 405 g/mol. The Morgan fingerprint density at radius 1 is 0.786 bits per heavy atom. The lowest BCUT2D eigenvalue weighted by Gasteiger charge is -2.14. The molecule has 0 aliphatic carbocycles. The number of halogens is 1. The molecule has 6 nitrogen and oxygen atoms in total. The average Bonchev–Trinajstić information content (AvgIpc) is 2.69. The van der Waals surface area contributed by atoms with Gasteiger partial charge in [-0.25, -0.2) is 0 Å². The van der Waals surface area contributed by atoms with Crippen molar-refractivity contribution in [3.63, 3.8) is 0 Å². The molecular weight excluding hydrogens is 382 g/mol. The van der Waals surface area contributed by atoms with Gasteiger partial charge in [0.25, 0.3) is 5.56 Å². The average molecular weight is 406 g/mol. The predicted octanol–water partition coefficient (Wildman–Crippen LogP) is 3.88. The zero-order valence-electron chi connectivity index (χ0n) is 16.5. The molecule has 0 aliphatic rings. The molecule has 28 heavy (non-hydrogen) atoms. The highest BCUT2D eigenvalue weighted by atomic mass is 35.5. The van der Waals surface area contributed by atoms with Crippen molar-refractivity contribution in [3.8, 4) is 23.0 Å². The van der Waals surface area contributed by atoms with E-state index in [0.29, 0.717) is 35.0 Å². The van der Waals surface area contributed by atoms with E-state index in [-0.39, 0.29) is 18.0 Å². The molecule has 0 fully saturated rings. The number of methoxy groups -OCH3 is 4. The maximum atomic E-state index is 12.7. The molecule has 0 radical (unpaired) electrons. The number of pyridine rings is 1. The van der Waals surface area contributed by atoms with Crippen LogP contribution in [0.4, 0.5) is 0 Å². The van der Waals surface area contributed by atoms with E-state index < -0.39 is 0 Å². The lowest BCUT2D eigenvalue weighted by atomic mass is 9.98. The van der Waals surface area contributed by atoms with Gasteiger partial charge in [-0.1, -0.05) is 6.07 Å². The number of H-pyrrole nitrogens is 1. The fraction of sp³-hybridized carbons (Fsp3) is 0.286. The van der Waals surface area contributed by atoms with Gasteiger partial charge in [-0.3, -0.25) is 4.79 Å². The highest BCUT2D eigenvalue weighted by molar-refractivity contribution is 5.90.